The van der Waals surface area contributed by atoms with Gasteiger partial charge < -0.3 is 10.8 Å². The first-order valence-electron chi connectivity index (χ1n) is 7.67. The molecule has 1 aliphatic rings. The number of fused-ring (bicyclic) bond motifs is 1. The monoisotopic (exact) mass is 294 g/mol. The molecule has 0 aliphatic carbocycles. The average Bonchev–Trinajstić information content (AvgIpc) is 2.80. The Labute approximate surface area is 131 Å². The van der Waals surface area contributed by atoms with Gasteiger partial charge in [-0.05, 0) is 29.0 Å². The van der Waals surface area contributed by atoms with Gasteiger partial charge >= 0.3 is 0 Å². The van der Waals surface area contributed by atoms with E-state index in [0.717, 1.165) is 23.2 Å². The van der Waals surface area contributed by atoms with Crippen molar-refractivity contribution in [1.29, 1.82) is 0 Å². The molecule has 0 fully saturated rings. The maximum Gasteiger partial charge on any atom is 0.174 e. The highest BCUT2D eigenvalue weighted by Crippen LogP contribution is 2.42. The summed E-state index contributed by atoms with van der Waals surface area (Å²) >= 11 is 0. The number of nitrogens with zero attached hydrogens (tertiary/aromatic N) is 1. The number of hydrogen-bond donors (Lipinski definition) is 2. The Morgan fingerprint density at radius 3 is 2.36 bits per heavy atom. The van der Waals surface area contributed by atoms with Gasteiger partial charge in [-0.3, -0.25) is 0 Å². The van der Waals surface area contributed by atoms with E-state index in [1.54, 1.807) is 0 Å². The van der Waals surface area contributed by atoms with Crippen LogP contribution in [-0.4, -0.2) is 10.9 Å². The summed E-state index contributed by atoms with van der Waals surface area (Å²) in [4.78, 5) is 4.31. The minimum Gasteiger partial charge on any atom is -0.384 e. The molecule has 1 aliphatic heterocycles. The number of nitrogens with two attached hydrogens (primary N) is 1. The zero-order valence-electron chi connectivity index (χ0n) is 13.3. The zero-order valence-corrected chi connectivity index (χ0v) is 13.3. The van der Waals surface area contributed by atoms with Gasteiger partial charge in [-0.1, -0.05) is 63.2 Å². The Bertz CT molecular complexity index is 731. The van der Waals surface area contributed by atoms with Gasteiger partial charge in [0.15, 0.2) is 5.60 Å². The molecule has 3 nitrogen and oxygen atoms in total. The number of aliphatic hydroxyl groups is 1. The lowest BCUT2D eigenvalue weighted by Crippen LogP contribution is -2.39. The number of aliphatic imine (C=N–C) groups is 1. The molecule has 0 bridgehead atoms. The van der Waals surface area contributed by atoms with Crippen molar-refractivity contribution in [3.05, 3.63) is 65.2 Å². The zero-order chi connectivity index (χ0) is 16.0. The molecule has 2 aromatic rings. The second kappa shape index (κ2) is 4.96. The molecule has 3 heteroatoms. The molecule has 3 N–H and O–H groups in total. The molecule has 1 heterocycles. The fraction of sp³-hybridized carbons (Fsp3) is 0.316. The first-order valence-corrected chi connectivity index (χ1v) is 7.67. The molecule has 114 valence electrons. The number of benzene rings is 2. The van der Waals surface area contributed by atoms with Gasteiger partial charge in [0, 0.05) is 5.56 Å². The molecule has 0 amide bonds. The minimum absolute atomic E-state index is 0.119. The molecule has 1 unspecified atom stereocenters. The SMILES string of the molecule is CCC(C)(C)c1ccc(C2(O)C(N)=Nc3ccccc32)cc1. The molecular weight excluding hydrogens is 272 g/mol. The largest absolute Gasteiger partial charge is 0.384 e. The first-order chi connectivity index (χ1) is 10.4. The standard InChI is InChI=1S/C19H22N2O/c1-4-18(2,3)13-9-11-14(12-10-13)19(22)15-7-5-6-8-16(15)21-17(19)20/h5-12,22H,4H2,1-3H3,(H2,20,21). The predicted molar refractivity (Wildman–Crippen MR) is 90.5 cm³/mol. The van der Waals surface area contributed by atoms with Crippen molar-refractivity contribution in [2.45, 2.75) is 38.2 Å². The van der Waals surface area contributed by atoms with Crippen molar-refractivity contribution < 1.29 is 5.11 Å². The van der Waals surface area contributed by atoms with Crippen LogP contribution in [0.4, 0.5) is 5.69 Å². The van der Waals surface area contributed by atoms with Gasteiger partial charge in [-0.15, -0.1) is 0 Å². The van der Waals surface area contributed by atoms with Crippen molar-refractivity contribution >= 4 is 11.5 Å². The second-order valence-electron chi connectivity index (χ2n) is 6.54. The van der Waals surface area contributed by atoms with E-state index in [1.165, 1.54) is 5.56 Å². The van der Waals surface area contributed by atoms with Crippen LogP contribution in [0, 0.1) is 0 Å². The van der Waals surface area contributed by atoms with E-state index in [4.69, 9.17) is 5.73 Å². The Morgan fingerprint density at radius 1 is 1.09 bits per heavy atom. The Morgan fingerprint density at radius 2 is 1.73 bits per heavy atom. The molecule has 0 radical (unpaired) electrons. The topological polar surface area (TPSA) is 58.6 Å². The van der Waals surface area contributed by atoms with Gasteiger partial charge in [-0.25, -0.2) is 4.99 Å². The third-order valence-electron chi connectivity index (χ3n) is 4.87. The fourth-order valence-corrected chi connectivity index (χ4v) is 2.90. The highest BCUT2D eigenvalue weighted by atomic mass is 16.3. The quantitative estimate of drug-likeness (QED) is 0.908. The molecule has 2 aromatic carbocycles. The summed E-state index contributed by atoms with van der Waals surface area (Å²) in [5, 5.41) is 11.2. The average molecular weight is 294 g/mol. The van der Waals surface area contributed by atoms with E-state index in [1.807, 2.05) is 36.4 Å². The summed E-state index contributed by atoms with van der Waals surface area (Å²) in [6.07, 6.45) is 1.06. The van der Waals surface area contributed by atoms with Crippen LogP contribution in [0.15, 0.2) is 53.5 Å². The van der Waals surface area contributed by atoms with Crippen LogP contribution in [0.2, 0.25) is 0 Å². The predicted octanol–water partition coefficient (Wildman–Crippen LogP) is 3.61. The molecule has 0 saturated heterocycles. The maximum absolute atomic E-state index is 11.2. The van der Waals surface area contributed by atoms with Gasteiger partial charge in [-0.2, -0.15) is 0 Å². The third kappa shape index (κ3) is 2.04. The Balaban J connectivity index is 2.07. The summed E-state index contributed by atoms with van der Waals surface area (Å²) in [6, 6.07) is 15.6. The van der Waals surface area contributed by atoms with E-state index in [9.17, 15) is 5.11 Å². The highest BCUT2D eigenvalue weighted by molar-refractivity contribution is 6.00. The summed E-state index contributed by atoms with van der Waals surface area (Å²) in [6.45, 7) is 6.62. The summed E-state index contributed by atoms with van der Waals surface area (Å²) < 4.78 is 0. The summed E-state index contributed by atoms with van der Waals surface area (Å²) in [5.74, 6) is 0.233. The van der Waals surface area contributed by atoms with E-state index in [2.05, 4.69) is 37.9 Å². The molecule has 3 rings (SSSR count). The van der Waals surface area contributed by atoms with Crippen LogP contribution < -0.4 is 5.73 Å². The summed E-state index contributed by atoms with van der Waals surface area (Å²) in [7, 11) is 0. The van der Waals surface area contributed by atoms with E-state index >= 15 is 0 Å². The molecule has 1 atom stereocenters. The van der Waals surface area contributed by atoms with Crippen LogP contribution in [-0.2, 0) is 11.0 Å². The lowest BCUT2D eigenvalue weighted by atomic mass is 9.80. The molecule has 0 saturated carbocycles. The van der Waals surface area contributed by atoms with Crippen molar-refractivity contribution in [3.8, 4) is 0 Å². The first kappa shape index (κ1) is 14.8. The van der Waals surface area contributed by atoms with Crippen LogP contribution in [0.5, 0.6) is 0 Å². The lowest BCUT2D eigenvalue weighted by Gasteiger charge is -2.27. The normalized spacial score (nSPS) is 20.6. The van der Waals surface area contributed by atoms with Crippen LogP contribution >= 0.6 is 0 Å². The molecule has 0 spiro atoms. The minimum atomic E-state index is -1.33. The van der Waals surface area contributed by atoms with Crippen LogP contribution in [0.1, 0.15) is 43.9 Å². The second-order valence-corrected chi connectivity index (χ2v) is 6.54. The van der Waals surface area contributed by atoms with E-state index < -0.39 is 5.60 Å². The lowest BCUT2D eigenvalue weighted by molar-refractivity contribution is 0.158. The van der Waals surface area contributed by atoms with E-state index in [-0.39, 0.29) is 11.3 Å². The molecular formula is C19H22N2O. The van der Waals surface area contributed by atoms with Crippen molar-refractivity contribution in [3.63, 3.8) is 0 Å². The van der Waals surface area contributed by atoms with Crippen molar-refractivity contribution in [2.24, 2.45) is 10.7 Å². The highest BCUT2D eigenvalue weighted by Gasteiger charge is 2.42. The smallest absolute Gasteiger partial charge is 0.174 e. The van der Waals surface area contributed by atoms with Gasteiger partial charge in [0.1, 0.15) is 5.84 Å². The summed E-state index contributed by atoms with van der Waals surface area (Å²) in [5.41, 5.74) is 8.33. The Hall–Kier alpha value is -2.13. The third-order valence-corrected chi connectivity index (χ3v) is 4.87. The number of para-hydroxylation sites is 1. The maximum atomic E-state index is 11.2. The Kier molecular flexibility index (Phi) is 3.33. The van der Waals surface area contributed by atoms with Gasteiger partial charge in [0.05, 0.1) is 5.69 Å². The number of hydrogen-bond acceptors (Lipinski definition) is 3. The fourth-order valence-electron chi connectivity index (χ4n) is 2.90. The van der Waals surface area contributed by atoms with E-state index in [0.29, 0.717) is 0 Å². The van der Waals surface area contributed by atoms with Crippen molar-refractivity contribution in [1.82, 2.24) is 0 Å². The van der Waals surface area contributed by atoms with Crippen molar-refractivity contribution in [2.75, 3.05) is 0 Å². The molecule has 22 heavy (non-hydrogen) atoms. The molecule has 0 aromatic heterocycles. The number of rotatable bonds is 3. The van der Waals surface area contributed by atoms with Gasteiger partial charge in [0.2, 0.25) is 0 Å². The van der Waals surface area contributed by atoms with Gasteiger partial charge in [0.25, 0.3) is 0 Å². The number of amidine groups is 1. The van der Waals surface area contributed by atoms with Crippen LogP contribution in [0.3, 0.4) is 0 Å². The van der Waals surface area contributed by atoms with Crippen LogP contribution in [0.25, 0.3) is 0 Å².